The number of nitrogens with one attached hydrogen (secondary N) is 1. The van der Waals surface area contributed by atoms with E-state index in [1.165, 1.54) is 0 Å². The third-order valence-electron chi connectivity index (χ3n) is 4.29. The molecule has 4 heteroatoms. The Morgan fingerprint density at radius 1 is 1.00 bits per heavy atom. The first-order valence-electron chi connectivity index (χ1n) is 8.53. The summed E-state index contributed by atoms with van der Waals surface area (Å²) in [5.74, 6) is -0.214. The van der Waals surface area contributed by atoms with Gasteiger partial charge in [0.25, 0.3) is 0 Å². The molecule has 4 nitrogen and oxygen atoms in total. The standard InChI is InChI=1S/C21H26N2O2/c1-15-7-5-9-18(11-15)13-20(24)23(17(3)21(25)22-4)14-19-10-6-8-16(2)12-19/h5-12,17H,13-14H2,1-4H3,(H,22,25)/t17-/m0/s1. The fourth-order valence-electron chi connectivity index (χ4n) is 2.90. The number of amides is 2. The Balaban J connectivity index is 2.23. The molecule has 0 unspecified atom stereocenters. The Kier molecular flexibility index (Phi) is 6.34. The molecular weight excluding hydrogens is 312 g/mol. The summed E-state index contributed by atoms with van der Waals surface area (Å²) in [5.41, 5.74) is 4.24. The highest BCUT2D eigenvalue weighted by Crippen LogP contribution is 2.14. The predicted molar refractivity (Wildman–Crippen MR) is 100 cm³/mol. The van der Waals surface area contributed by atoms with Crippen LogP contribution in [0.1, 0.15) is 29.2 Å². The van der Waals surface area contributed by atoms with E-state index in [2.05, 4.69) is 5.32 Å². The van der Waals surface area contributed by atoms with Gasteiger partial charge in [0.1, 0.15) is 6.04 Å². The van der Waals surface area contributed by atoms with E-state index in [0.29, 0.717) is 6.54 Å². The average Bonchev–Trinajstić information content (AvgIpc) is 2.58. The molecule has 0 radical (unpaired) electrons. The minimum Gasteiger partial charge on any atom is -0.357 e. The van der Waals surface area contributed by atoms with Crippen LogP contribution in [-0.2, 0) is 22.6 Å². The van der Waals surface area contributed by atoms with Crippen LogP contribution < -0.4 is 5.32 Å². The number of aryl methyl sites for hydroxylation is 2. The highest BCUT2D eigenvalue weighted by molar-refractivity contribution is 5.88. The van der Waals surface area contributed by atoms with Crippen LogP contribution in [0.5, 0.6) is 0 Å². The molecule has 132 valence electrons. The van der Waals surface area contributed by atoms with Gasteiger partial charge in [-0.05, 0) is 31.9 Å². The van der Waals surface area contributed by atoms with Gasteiger partial charge < -0.3 is 10.2 Å². The number of hydrogen-bond acceptors (Lipinski definition) is 2. The number of hydrogen-bond donors (Lipinski definition) is 1. The molecule has 0 bridgehead atoms. The van der Waals surface area contributed by atoms with E-state index in [4.69, 9.17) is 0 Å². The Morgan fingerprint density at radius 3 is 2.12 bits per heavy atom. The molecule has 0 aromatic heterocycles. The third-order valence-corrected chi connectivity index (χ3v) is 4.29. The first-order valence-corrected chi connectivity index (χ1v) is 8.53. The van der Waals surface area contributed by atoms with E-state index in [-0.39, 0.29) is 18.2 Å². The zero-order chi connectivity index (χ0) is 18.4. The van der Waals surface area contributed by atoms with Crippen LogP contribution >= 0.6 is 0 Å². The van der Waals surface area contributed by atoms with Gasteiger partial charge in [0.15, 0.2) is 0 Å². The van der Waals surface area contributed by atoms with Crippen molar-refractivity contribution in [2.75, 3.05) is 7.05 Å². The molecule has 0 heterocycles. The smallest absolute Gasteiger partial charge is 0.242 e. The molecule has 1 N–H and O–H groups in total. The second kappa shape index (κ2) is 8.47. The third kappa shape index (κ3) is 5.18. The van der Waals surface area contributed by atoms with Gasteiger partial charge in [-0.1, -0.05) is 59.7 Å². The van der Waals surface area contributed by atoms with Crippen LogP contribution in [0.25, 0.3) is 0 Å². The van der Waals surface area contributed by atoms with Gasteiger partial charge >= 0.3 is 0 Å². The zero-order valence-electron chi connectivity index (χ0n) is 15.4. The summed E-state index contributed by atoms with van der Waals surface area (Å²) < 4.78 is 0. The van der Waals surface area contributed by atoms with Crippen LogP contribution in [0.15, 0.2) is 48.5 Å². The molecule has 2 amide bonds. The highest BCUT2D eigenvalue weighted by atomic mass is 16.2. The van der Waals surface area contributed by atoms with E-state index in [1.54, 1.807) is 18.9 Å². The fourth-order valence-corrected chi connectivity index (χ4v) is 2.90. The van der Waals surface area contributed by atoms with E-state index in [0.717, 1.165) is 22.3 Å². The molecule has 0 aliphatic rings. The lowest BCUT2D eigenvalue weighted by Gasteiger charge is -2.28. The van der Waals surface area contributed by atoms with Gasteiger partial charge in [-0.25, -0.2) is 0 Å². The molecule has 1 atom stereocenters. The molecule has 0 aliphatic heterocycles. The van der Waals surface area contributed by atoms with E-state index in [1.807, 2.05) is 62.4 Å². The van der Waals surface area contributed by atoms with Crippen LogP contribution in [-0.4, -0.2) is 29.8 Å². The average molecular weight is 338 g/mol. The van der Waals surface area contributed by atoms with Crippen molar-refractivity contribution in [3.63, 3.8) is 0 Å². The molecule has 2 aromatic rings. The van der Waals surface area contributed by atoms with Gasteiger partial charge in [0.05, 0.1) is 6.42 Å². The van der Waals surface area contributed by atoms with Gasteiger partial charge in [0, 0.05) is 13.6 Å². The number of carbonyl (C=O) groups excluding carboxylic acids is 2. The number of carbonyl (C=O) groups is 2. The SMILES string of the molecule is CNC(=O)[C@H](C)N(Cc1cccc(C)c1)C(=O)Cc1cccc(C)c1. The second-order valence-electron chi connectivity index (χ2n) is 6.47. The zero-order valence-corrected chi connectivity index (χ0v) is 15.4. The van der Waals surface area contributed by atoms with E-state index in [9.17, 15) is 9.59 Å². The molecule has 0 saturated heterocycles. The maximum absolute atomic E-state index is 12.9. The molecule has 0 aliphatic carbocycles. The first-order chi connectivity index (χ1) is 11.9. The Bertz CT molecular complexity index is 755. The lowest BCUT2D eigenvalue weighted by molar-refractivity contribution is -0.139. The molecule has 0 saturated carbocycles. The second-order valence-corrected chi connectivity index (χ2v) is 6.47. The van der Waals surface area contributed by atoms with E-state index >= 15 is 0 Å². The first kappa shape index (κ1) is 18.7. The van der Waals surface area contributed by atoms with Crippen LogP contribution in [0.2, 0.25) is 0 Å². The van der Waals surface area contributed by atoms with Crippen molar-refractivity contribution in [2.24, 2.45) is 0 Å². The molecular formula is C21H26N2O2. The minimum atomic E-state index is -0.525. The summed E-state index contributed by atoms with van der Waals surface area (Å²) in [7, 11) is 1.59. The fraction of sp³-hybridized carbons (Fsp3) is 0.333. The van der Waals surface area contributed by atoms with Crippen LogP contribution in [0.4, 0.5) is 0 Å². The topological polar surface area (TPSA) is 49.4 Å². The largest absolute Gasteiger partial charge is 0.357 e. The van der Waals surface area contributed by atoms with Gasteiger partial charge in [-0.3, -0.25) is 9.59 Å². The summed E-state index contributed by atoms with van der Waals surface area (Å²) in [4.78, 5) is 26.7. The summed E-state index contributed by atoms with van der Waals surface area (Å²) in [6, 6.07) is 15.4. The summed E-state index contributed by atoms with van der Waals surface area (Å²) in [5, 5.41) is 2.64. The quantitative estimate of drug-likeness (QED) is 0.880. The van der Waals surface area contributed by atoms with Crippen LogP contribution in [0, 0.1) is 13.8 Å². The maximum atomic E-state index is 12.9. The molecule has 25 heavy (non-hydrogen) atoms. The molecule has 2 aromatic carbocycles. The number of rotatable bonds is 6. The van der Waals surface area contributed by atoms with Gasteiger partial charge in [0.2, 0.25) is 11.8 Å². The summed E-state index contributed by atoms with van der Waals surface area (Å²) in [6.07, 6.45) is 0.287. The van der Waals surface area contributed by atoms with Crippen molar-refractivity contribution in [1.82, 2.24) is 10.2 Å². The maximum Gasteiger partial charge on any atom is 0.242 e. The minimum absolute atomic E-state index is 0.0526. The Morgan fingerprint density at radius 2 is 1.56 bits per heavy atom. The van der Waals surface area contributed by atoms with Gasteiger partial charge in [-0.15, -0.1) is 0 Å². The van der Waals surface area contributed by atoms with Crippen molar-refractivity contribution in [2.45, 2.75) is 39.8 Å². The molecule has 0 fully saturated rings. The van der Waals surface area contributed by atoms with Crippen molar-refractivity contribution in [1.29, 1.82) is 0 Å². The van der Waals surface area contributed by atoms with Crippen molar-refractivity contribution in [3.8, 4) is 0 Å². The lowest BCUT2D eigenvalue weighted by Crippen LogP contribution is -2.47. The number of likely N-dealkylation sites (N-methyl/N-ethyl adjacent to an activating group) is 1. The number of benzene rings is 2. The van der Waals surface area contributed by atoms with Crippen LogP contribution in [0.3, 0.4) is 0 Å². The predicted octanol–water partition coefficient (Wildman–Crippen LogP) is 3.01. The monoisotopic (exact) mass is 338 g/mol. The molecule has 2 rings (SSSR count). The lowest BCUT2D eigenvalue weighted by atomic mass is 10.1. The van der Waals surface area contributed by atoms with Crippen molar-refractivity contribution < 1.29 is 9.59 Å². The number of nitrogens with zero attached hydrogens (tertiary/aromatic N) is 1. The molecule has 0 spiro atoms. The normalized spacial score (nSPS) is 11.7. The van der Waals surface area contributed by atoms with Crippen molar-refractivity contribution >= 4 is 11.8 Å². The summed E-state index contributed by atoms with van der Waals surface area (Å²) >= 11 is 0. The van der Waals surface area contributed by atoms with Crippen molar-refractivity contribution in [3.05, 3.63) is 70.8 Å². The Labute approximate surface area is 149 Å². The van der Waals surface area contributed by atoms with Gasteiger partial charge in [-0.2, -0.15) is 0 Å². The van der Waals surface area contributed by atoms with E-state index < -0.39 is 6.04 Å². The Hall–Kier alpha value is -2.62. The highest BCUT2D eigenvalue weighted by Gasteiger charge is 2.25. The summed E-state index contributed by atoms with van der Waals surface area (Å²) in [6.45, 7) is 6.21.